The third-order valence-electron chi connectivity index (χ3n) is 6.75. The van der Waals surface area contributed by atoms with E-state index in [9.17, 15) is 14.7 Å². The number of halogens is 1. The minimum Gasteiger partial charge on any atom is -0.508 e. The van der Waals surface area contributed by atoms with Crippen LogP contribution >= 0.6 is 11.6 Å². The summed E-state index contributed by atoms with van der Waals surface area (Å²) in [5.41, 5.74) is 1.21. The molecule has 2 aliphatic heterocycles. The van der Waals surface area contributed by atoms with Crippen LogP contribution in [0.25, 0.3) is 0 Å². The molecule has 2 aromatic rings. The van der Waals surface area contributed by atoms with E-state index in [4.69, 9.17) is 11.6 Å². The lowest BCUT2D eigenvalue weighted by Gasteiger charge is -2.39. The van der Waals surface area contributed by atoms with Gasteiger partial charge in [0, 0.05) is 23.8 Å². The van der Waals surface area contributed by atoms with Gasteiger partial charge < -0.3 is 26.0 Å². The zero-order chi connectivity index (χ0) is 23.2. The van der Waals surface area contributed by atoms with Gasteiger partial charge in [0.15, 0.2) is 0 Å². The standard InChI is InChI=1S/C25H31ClN4O3/c26-20-3-5-21(6-4-20)28-25(33)29-23(19-1-7-22(31)8-2-19)24(32)30-15-11-18(12-16-30)17-9-13-27-14-10-17/h1-8,17-18,23,27,31H,9-16H2,(H2,28,29,33)/t23-/m1/s1. The van der Waals surface area contributed by atoms with Gasteiger partial charge in [-0.15, -0.1) is 0 Å². The fraction of sp³-hybridized carbons (Fsp3) is 0.440. The van der Waals surface area contributed by atoms with Crippen LogP contribution in [0.3, 0.4) is 0 Å². The van der Waals surface area contributed by atoms with Crippen molar-refractivity contribution in [2.45, 2.75) is 31.7 Å². The summed E-state index contributed by atoms with van der Waals surface area (Å²) in [4.78, 5) is 28.1. The van der Waals surface area contributed by atoms with Crippen molar-refractivity contribution < 1.29 is 14.7 Å². The lowest BCUT2D eigenvalue weighted by Crippen LogP contribution is -2.48. The second-order valence-electron chi connectivity index (χ2n) is 8.88. The molecule has 3 amide bonds. The van der Waals surface area contributed by atoms with Crippen LogP contribution in [0.5, 0.6) is 5.75 Å². The molecule has 33 heavy (non-hydrogen) atoms. The maximum absolute atomic E-state index is 13.5. The number of hydrogen-bond acceptors (Lipinski definition) is 4. The van der Waals surface area contributed by atoms with Crippen molar-refractivity contribution in [1.82, 2.24) is 15.5 Å². The largest absolute Gasteiger partial charge is 0.508 e. The second-order valence-corrected chi connectivity index (χ2v) is 9.32. The van der Waals surface area contributed by atoms with Gasteiger partial charge in [0.1, 0.15) is 11.8 Å². The van der Waals surface area contributed by atoms with Gasteiger partial charge in [-0.1, -0.05) is 23.7 Å². The van der Waals surface area contributed by atoms with Gasteiger partial charge in [-0.25, -0.2) is 4.79 Å². The van der Waals surface area contributed by atoms with Crippen molar-refractivity contribution in [2.75, 3.05) is 31.5 Å². The first-order chi connectivity index (χ1) is 16.0. The molecule has 0 aliphatic carbocycles. The topological polar surface area (TPSA) is 93.7 Å². The van der Waals surface area contributed by atoms with Crippen LogP contribution in [-0.4, -0.2) is 48.1 Å². The molecule has 0 aromatic heterocycles. The van der Waals surface area contributed by atoms with Crippen LogP contribution in [0.4, 0.5) is 10.5 Å². The van der Waals surface area contributed by atoms with E-state index >= 15 is 0 Å². The Bertz CT molecular complexity index is 937. The number of phenols is 1. The van der Waals surface area contributed by atoms with E-state index in [0.717, 1.165) is 31.8 Å². The van der Waals surface area contributed by atoms with Crippen molar-refractivity contribution in [3.8, 4) is 5.75 Å². The van der Waals surface area contributed by atoms with E-state index in [0.29, 0.717) is 35.3 Å². The number of nitrogens with one attached hydrogen (secondary N) is 3. The second kappa shape index (κ2) is 10.9. The van der Waals surface area contributed by atoms with Gasteiger partial charge in [0.05, 0.1) is 0 Å². The lowest BCUT2D eigenvalue weighted by atomic mass is 9.79. The predicted octanol–water partition coefficient (Wildman–Crippen LogP) is 4.15. The molecule has 7 nitrogen and oxygen atoms in total. The highest BCUT2D eigenvalue weighted by Crippen LogP contribution is 2.32. The smallest absolute Gasteiger partial charge is 0.320 e. The van der Waals surface area contributed by atoms with Gasteiger partial charge in [-0.05, 0) is 92.6 Å². The van der Waals surface area contributed by atoms with Crippen molar-refractivity contribution in [1.29, 1.82) is 0 Å². The number of amides is 3. The first-order valence-electron chi connectivity index (χ1n) is 11.6. The molecule has 0 spiro atoms. The quantitative estimate of drug-likeness (QED) is 0.528. The van der Waals surface area contributed by atoms with E-state index < -0.39 is 12.1 Å². The average molecular weight is 471 g/mol. The molecule has 8 heteroatoms. The minimum atomic E-state index is -0.840. The first-order valence-corrected chi connectivity index (χ1v) is 12.0. The maximum Gasteiger partial charge on any atom is 0.320 e. The number of carbonyl (C=O) groups excluding carboxylic acids is 2. The molecular formula is C25H31ClN4O3. The summed E-state index contributed by atoms with van der Waals surface area (Å²) in [5.74, 6) is 1.37. The summed E-state index contributed by atoms with van der Waals surface area (Å²) in [7, 11) is 0. The van der Waals surface area contributed by atoms with E-state index in [1.165, 1.54) is 25.0 Å². The summed E-state index contributed by atoms with van der Waals surface area (Å²) in [6, 6.07) is 11.8. The molecule has 4 rings (SSSR count). The predicted molar refractivity (Wildman–Crippen MR) is 129 cm³/mol. The fourth-order valence-electron chi connectivity index (χ4n) is 4.88. The SMILES string of the molecule is O=C(Nc1ccc(Cl)cc1)N[C@@H](C(=O)N1CCC(C2CCNCC2)CC1)c1ccc(O)cc1. The van der Waals surface area contributed by atoms with Gasteiger partial charge in [-0.2, -0.15) is 0 Å². The number of carbonyl (C=O) groups is 2. The minimum absolute atomic E-state index is 0.110. The molecular weight excluding hydrogens is 440 g/mol. The van der Waals surface area contributed by atoms with E-state index in [1.807, 2.05) is 4.90 Å². The summed E-state index contributed by atoms with van der Waals surface area (Å²) < 4.78 is 0. The molecule has 0 radical (unpaired) electrons. The van der Waals surface area contributed by atoms with Crippen LogP contribution < -0.4 is 16.0 Å². The molecule has 4 N–H and O–H groups in total. The number of rotatable bonds is 5. The summed E-state index contributed by atoms with van der Waals surface area (Å²) in [5, 5.41) is 19.2. The molecule has 2 fully saturated rings. The Kier molecular flexibility index (Phi) is 7.73. The molecule has 2 heterocycles. The third-order valence-corrected chi connectivity index (χ3v) is 7.00. The Morgan fingerprint density at radius 3 is 2.18 bits per heavy atom. The van der Waals surface area contributed by atoms with Gasteiger partial charge in [-0.3, -0.25) is 4.79 Å². The number of urea groups is 1. The summed E-state index contributed by atoms with van der Waals surface area (Å²) in [6.07, 6.45) is 4.41. The highest BCUT2D eigenvalue weighted by molar-refractivity contribution is 6.30. The molecule has 0 saturated carbocycles. The number of nitrogens with zero attached hydrogens (tertiary/aromatic N) is 1. The third kappa shape index (κ3) is 6.18. The average Bonchev–Trinajstić information content (AvgIpc) is 2.85. The Morgan fingerprint density at radius 2 is 1.55 bits per heavy atom. The number of piperidine rings is 2. The Balaban J connectivity index is 1.42. The highest BCUT2D eigenvalue weighted by atomic mass is 35.5. The van der Waals surface area contributed by atoms with E-state index in [1.54, 1.807) is 36.4 Å². The van der Waals surface area contributed by atoms with Gasteiger partial charge >= 0.3 is 6.03 Å². The zero-order valence-corrected chi connectivity index (χ0v) is 19.4. The van der Waals surface area contributed by atoms with Gasteiger partial charge in [0.2, 0.25) is 5.91 Å². The number of benzene rings is 2. The molecule has 0 unspecified atom stereocenters. The molecule has 1 atom stereocenters. The summed E-state index contributed by atoms with van der Waals surface area (Å²) >= 11 is 5.91. The number of hydrogen-bond donors (Lipinski definition) is 4. The number of phenolic OH excluding ortho intramolecular Hbond substituents is 1. The van der Waals surface area contributed by atoms with Crippen LogP contribution in [0.2, 0.25) is 5.02 Å². The Morgan fingerprint density at radius 1 is 0.939 bits per heavy atom. The number of aromatic hydroxyl groups is 1. The zero-order valence-electron chi connectivity index (χ0n) is 18.6. The molecule has 2 aliphatic rings. The van der Waals surface area contributed by atoms with Crippen molar-refractivity contribution in [3.05, 3.63) is 59.1 Å². The highest BCUT2D eigenvalue weighted by Gasteiger charge is 2.33. The van der Waals surface area contributed by atoms with Crippen LogP contribution in [0, 0.1) is 11.8 Å². The van der Waals surface area contributed by atoms with Crippen molar-refractivity contribution in [3.63, 3.8) is 0 Å². The molecule has 2 aromatic carbocycles. The Hall–Kier alpha value is -2.77. The number of anilines is 1. The maximum atomic E-state index is 13.5. The molecule has 176 valence electrons. The van der Waals surface area contributed by atoms with E-state index in [-0.39, 0.29) is 11.7 Å². The Labute approximate surface area is 199 Å². The van der Waals surface area contributed by atoms with Crippen molar-refractivity contribution >= 4 is 29.2 Å². The molecule has 0 bridgehead atoms. The summed E-state index contributed by atoms with van der Waals surface area (Å²) in [6.45, 7) is 3.56. The van der Waals surface area contributed by atoms with Crippen LogP contribution in [-0.2, 0) is 4.79 Å². The van der Waals surface area contributed by atoms with Crippen molar-refractivity contribution in [2.24, 2.45) is 11.8 Å². The number of likely N-dealkylation sites (tertiary alicyclic amines) is 1. The molecule has 2 saturated heterocycles. The lowest BCUT2D eigenvalue weighted by molar-refractivity contribution is -0.135. The van der Waals surface area contributed by atoms with Gasteiger partial charge in [0.25, 0.3) is 0 Å². The van der Waals surface area contributed by atoms with Crippen LogP contribution in [0.15, 0.2) is 48.5 Å². The monoisotopic (exact) mass is 470 g/mol. The van der Waals surface area contributed by atoms with E-state index in [2.05, 4.69) is 16.0 Å². The normalized spacial score (nSPS) is 18.5. The van der Waals surface area contributed by atoms with Crippen LogP contribution in [0.1, 0.15) is 37.3 Å². The first kappa shape index (κ1) is 23.4. The fourth-order valence-corrected chi connectivity index (χ4v) is 5.00.